The molecule has 0 fully saturated rings. The first-order valence-corrected chi connectivity index (χ1v) is 5.34. The molecular formula is C11H19N3O2. The van der Waals surface area contributed by atoms with Crippen LogP contribution in [0.2, 0.25) is 0 Å². The summed E-state index contributed by atoms with van der Waals surface area (Å²) in [5.41, 5.74) is 6.10. The predicted octanol–water partition coefficient (Wildman–Crippen LogP) is 1.69. The van der Waals surface area contributed by atoms with E-state index in [0.717, 1.165) is 0 Å². The van der Waals surface area contributed by atoms with E-state index in [2.05, 4.69) is 25.9 Å². The lowest BCUT2D eigenvalue weighted by Crippen LogP contribution is -2.18. The number of ether oxygens (including phenoxy) is 1. The van der Waals surface area contributed by atoms with Crippen LogP contribution in [-0.2, 0) is 11.3 Å². The van der Waals surface area contributed by atoms with Crippen molar-refractivity contribution in [2.45, 2.75) is 34.2 Å². The fourth-order valence-corrected chi connectivity index (χ4v) is 1.31. The summed E-state index contributed by atoms with van der Waals surface area (Å²) in [7, 11) is 0. The molecule has 1 rings (SSSR count). The molecule has 5 heteroatoms. The highest BCUT2D eigenvalue weighted by atomic mass is 16.5. The van der Waals surface area contributed by atoms with Gasteiger partial charge in [0.2, 0.25) is 0 Å². The first kappa shape index (κ1) is 12.5. The second-order valence-corrected chi connectivity index (χ2v) is 4.89. The molecular weight excluding hydrogens is 206 g/mol. The third-order valence-electron chi connectivity index (χ3n) is 1.92. The van der Waals surface area contributed by atoms with Crippen molar-refractivity contribution in [2.75, 3.05) is 12.3 Å². The zero-order valence-corrected chi connectivity index (χ0v) is 10.3. The van der Waals surface area contributed by atoms with Crippen molar-refractivity contribution in [2.24, 2.45) is 5.41 Å². The van der Waals surface area contributed by atoms with Gasteiger partial charge in [-0.1, -0.05) is 20.8 Å². The number of carbonyl (C=O) groups excluding carboxylic acids is 1. The SMILES string of the molecule is CCOC(=O)c1cc(N)n(CC(C)(C)C)n1. The van der Waals surface area contributed by atoms with E-state index >= 15 is 0 Å². The number of hydrogen-bond donors (Lipinski definition) is 1. The van der Waals surface area contributed by atoms with Gasteiger partial charge in [-0.25, -0.2) is 9.48 Å². The number of nitrogen functional groups attached to an aromatic ring is 1. The highest BCUT2D eigenvalue weighted by molar-refractivity contribution is 5.88. The summed E-state index contributed by atoms with van der Waals surface area (Å²) in [6.45, 7) is 9.00. The summed E-state index contributed by atoms with van der Waals surface area (Å²) in [4.78, 5) is 11.4. The smallest absolute Gasteiger partial charge is 0.358 e. The van der Waals surface area contributed by atoms with Crippen molar-refractivity contribution >= 4 is 11.8 Å². The lowest BCUT2D eigenvalue weighted by molar-refractivity contribution is 0.0518. The van der Waals surface area contributed by atoms with Crippen molar-refractivity contribution in [3.8, 4) is 0 Å². The van der Waals surface area contributed by atoms with Crippen LogP contribution in [-0.4, -0.2) is 22.4 Å². The molecule has 0 saturated carbocycles. The average Bonchev–Trinajstić information content (AvgIpc) is 2.45. The summed E-state index contributed by atoms with van der Waals surface area (Å²) in [5, 5.41) is 4.13. The van der Waals surface area contributed by atoms with E-state index in [-0.39, 0.29) is 11.1 Å². The first-order valence-electron chi connectivity index (χ1n) is 5.34. The van der Waals surface area contributed by atoms with E-state index in [9.17, 15) is 4.79 Å². The molecule has 90 valence electrons. The Morgan fingerprint density at radius 2 is 2.19 bits per heavy atom. The Balaban J connectivity index is 2.86. The zero-order valence-electron chi connectivity index (χ0n) is 10.3. The monoisotopic (exact) mass is 225 g/mol. The van der Waals surface area contributed by atoms with Crippen LogP contribution in [0, 0.1) is 5.41 Å². The molecule has 0 unspecified atom stereocenters. The number of nitrogens with zero attached hydrogens (tertiary/aromatic N) is 2. The third-order valence-corrected chi connectivity index (χ3v) is 1.92. The highest BCUT2D eigenvalue weighted by Crippen LogP contribution is 2.19. The topological polar surface area (TPSA) is 70.1 Å². The second kappa shape index (κ2) is 4.55. The summed E-state index contributed by atoms with van der Waals surface area (Å²) < 4.78 is 6.49. The van der Waals surface area contributed by atoms with Gasteiger partial charge in [-0.05, 0) is 12.3 Å². The van der Waals surface area contributed by atoms with Gasteiger partial charge in [-0.15, -0.1) is 0 Å². The molecule has 0 spiro atoms. The minimum atomic E-state index is -0.429. The fourth-order valence-electron chi connectivity index (χ4n) is 1.31. The number of rotatable bonds is 3. The Hall–Kier alpha value is -1.52. The Morgan fingerprint density at radius 1 is 1.56 bits per heavy atom. The van der Waals surface area contributed by atoms with Gasteiger partial charge in [0, 0.05) is 12.6 Å². The second-order valence-electron chi connectivity index (χ2n) is 4.89. The van der Waals surface area contributed by atoms with Gasteiger partial charge in [0.25, 0.3) is 0 Å². The molecule has 0 atom stereocenters. The number of nitrogens with two attached hydrogens (primary N) is 1. The third kappa shape index (κ3) is 3.25. The molecule has 0 bridgehead atoms. The molecule has 2 N–H and O–H groups in total. The van der Waals surface area contributed by atoms with Gasteiger partial charge in [0.15, 0.2) is 5.69 Å². The van der Waals surface area contributed by atoms with Crippen LogP contribution in [0.3, 0.4) is 0 Å². The summed E-state index contributed by atoms with van der Waals surface area (Å²) >= 11 is 0. The van der Waals surface area contributed by atoms with Gasteiger partial charge in [-0.3, -0.25) is 0 Å². The van der Waals surface area contributed by atoms with E-state index in [4.69, 9.17) is 10.5 Å². The minimum Gasteiger partial charge on any atom is -0.461 e. The Kier molecular flexibility index (Phi) is 3.57. The zero-order chi connectivity index (χ0) is 12.3. The van der Waals surface area contributed by atoms with Gasteiger partial charge >= 0.3 is 5.97 Å². The van der Waals surface area contributed by atoms with Crippen LogP contribution >= 0.6 is 0 Å². The molecule has 0 aliphatic carbocycles. The molecule has 0 amide bonds. The predicted molar refractivity (Wildman–Crippen MR) is 62.1 cm³/mol. The van der Waals surface area contributed by atoms with Crippen LogP contribution in [0.5, 0.6) is 0 Å². The van der Waals surface area contributed by atoms with Crippen molar-refractivity contribution in [1.29, 1.82) is 0 Å². The molecule has 5 nitrogen and oxygen atoms in total. The quantitative estimate of drug-likeness (QED) is 0.795. The summed E-state index contributed by atoms with van der Waals surface area (Å²) in [6.07, 6.45) is 0. The highest BCUT2D eigenvalue weighted by Gasteiger charge is 2.17. The van der Waals surface area contributed by atoms with E-state index in [1.165, 1.54) is 0 Å². The van der Waals surface area contributed by atoms with Crippen LogP contribution in [0.15, 0.2) is 6.07 Å². The van der Waals surface area contributed by atoms with Crippen LogP contribution in [0.4, 0.5) is 5.82 Å². The number of anilines is 1. The van der Waals surface area contributed by atoms with Gasteiger partial charge in [0.05, 0.1) is 6.61 Å². The van der Waals surface area contributed by atoms with Gasteiger partial charge in [-0.2, -0.15) is 5.10 Å². The number of hydrogen-bond acceptors (Lipinski definition) is 4. The molecule has 1 heterocycles. The van der Waals surface area contributed by atoms with E-state index in [1.807, 2.05) is 0 Å². The lowest BCUT2D eigenvalue weighted by atomic mass is 9.97. The molecule has 1 aromatic rings. The lowest BCUT2D eigenvalue weighted by Gasteiger charge is -2.18. The molecule has 0 aliphatic heterocycles. The van der Waals surface area contributed by atoms with E-state index < -0.39 is 5.97 Å². The maximum atomic E-state index is 11.4. The molecule has 0 saturated heterocycles. The van der Waals surface area contributed by atoms with Crippen molar-refractivity contribution in [3.63, 3.8) is 0 Å². The summed E-state index contributed by atoms with van der Waals surface area (Å²) in [6, 6.07) is 1.55. The Labute approximate surface area is 95.6 Å². The number of carbonyl (C=O) groups is 1. The summed E-state index contributed by atoms with van der Waals surface area (Å²) in [5.74, 6) is 0.0554. The molecule has 0 aliphatic rings. The molecule has 16 heavy (non-hydrogen) atoms. The van der Waals surface area contributed by atoms with Crippen LogP contribution in [0.25, 0.3) is 0 Å². The van der Waals surface area contributed by atoms with Crippen molar-refractivity contribution < 1.29 is 9.53 Å². The van der Waals surface area contributed by atoms with Gasteiger partial charge in [0.1, 0.15) is 5.82 Å². The number of esters is 1. The van der Waals surface area contributed by atoms with Gasteiger partial charge < -0.3 is 10.5 Å². The van der Waals surface area contributed by atoms with Crippen molar-refractivity contribution in [3.05, 3.63) is 11.8 Å². The molecule has 0 aromatic carbocycles. The maximum Gasteiger partial charge on any atom is 0.358 e. The maximum absolute atomic E-state index is 11.4. The van der Waals surface area contributed by atoms with Crippen molar-refractivity contribution in [1.82, 2.24) is 9.78 Å². The minimum absolute atomic E-state index is 0.0616. The normalized spacial score (nSPS) is 11.5. The first-order chi connectivity index (χ1) is 7.33. The standard InChI is InChI=1S/C11H19N3O2/c1-5-16-10(15)8-6-9(12)14(13-8)7-11(2,3)4/h6H,5,7,12H2,1-4H3. The molecule has 1 aromatic heterocycles. The van der Waals surface area contributed by atoms with Crippen LogP contribution in [0.1, 0.15) is 38.2 Å². The van der Waals surface area contributed by atoms with Crippen LogP contribution < -0.4 is 5.73 Å². The Morgan fingerprint density at radius 3 is 2.69 bits per heavy atom. The largest absolute Gasteiger partial charge is 0.461 e. The average molecular weight is 225 g/mol. The fraction of sp³-hybridized carbons (Fsp3) is 0.636. The number of aromatic nitrogens is 2. The molecule has 0 radical (unpaired) electrons. The van der Waals surface area contributed by atoms with E-state index in [0.29, 0.717) is 19.0 Å². The Bertz CT molecular complexity index is 377. The van der Waals surface area contributed by atoms with E-state index in [1.54, 1.807) is 17.7 Å².